The third-order valence-electron chi connectivity index (χ3n) is 5.70. The zero-order chi connectivity index (χ0) is 22.9. The number of nitrogens with zero attached hydrogens (tertiary/aromatic N) is 3. The molecule has 0 radical (unpaired) electrons. The molecule has 0 aromatic carbocycles. The van der Waals surface area contributed by atoms with Crippen LogP contribution in [0, 0.1) is 0 Å². The van der Waals surface area contributed by atoms with Crippen LogP contribution in [0.4, 0.5) is 23.8 Å². The van der Waals surface area contributed by atoms with Crippen molar-refractivity contribution in [3.05, 3.63) is 35.5 Å². The van der Waals surface area contributed by atoms with E-state index in [1.165, 1.54) is 0 Å². The van der Waals surface area contributed by atoms with Gasteiger partial charge in [-0.05, 0) is 39.0 Å². The number of anilines is 1. The summed E-state index contributed by atoms with van der Waals surface area (Å²) in [5.74, 6) is -0.0631. The van der Waals surface area contributed by atoms with E-state index in [0.29, 0.717) is 18.4 Å². The molecule has 2 aromatic rings. The molecule has 9 nitrogen and oxygen atoms in total. The lowest BCUT2D eigenvalue weighted by molar-refractivity contribution is -0.141. The third-order valence-corrected chi connectivity index (χ3v) is 5.70. The molecule has 0 aliphatic heterocycles. The predicted octanol–water partition coefficient (Wildman–Crippen LogP) is 3.31. The highest BCUT2D eigenvalue weighted by Crippen LogP contribution is 2.37. The van der Waals surface area contributed by atoms with E-state index in [2.05, 4.69) is 30.8 Å². The molecular weight excluding hydrogens is 429 g/mol. The normalized spacial score (nSPS) is 21.8. The second kappa shape index (κ2) is 8.40. The average molecular weight is 452 g/mol. The summed E-state index contributed by atoms with van der Waals surface area (Å²) in [5.41, 5.74) is -0.315. The minimum Gasteiger partial charge on any atom is -0.446 e. The van der Waals surface area contributed by atoms with Crippen LogP contribution in [-0.4, -0.2) is 43.8 Å². The highest BCUT2D eigenvalue weighted by atomic mass is 19.4. The molecule has 2 saturated carbocycles. The van der Waals surface area contributed by atoms with E-state index in [0.717, 1.165) is 37.6 Å². The number of carbonyl (C=O) groups excluding carboxylic acids is 2. The number of amides is 2. The lowest BCUT2D eigenvalue weighted by Crippen LogP contribution is -2.36. The molecule has 0 spiro atoms. The molecule has 2 atom stereocenters. The maximum atomic E-state index is 12.5. The van der Waals surface area contributed by atoms with E-state index in [4.69, 9.17) is 4.74 Å². The number of ether oxygens (including phenoxy) is 1. The molecular formula is C20H23F3N6O3. The van der Waals surface area contributed by atoms with Crippen molar-refractivity contribution in [3.63, 3.8) is 0 Å². The molecule has 4 rings (SSSR count). The number of alkyl carbamates (subject to hydrolysis) is 1. The molecule has 0 unspecified atom stereocenters. The number of nitrogens with one attached hydrogen (secondary N) is 3. The van der Waals surface area contributed by atoms with E-state index >= 15 is 0 Å². The van der Waals surface area contributed by atoms with Crippen LogP contribution in [0.15, 0.2) is 18.5 Å². The molecule has 32 heavy (non-hydrogen) atoms. The van der Waals surface area contributed by atoms with Gasteiger partial charge in [-0.25, -0.2) is 9.78 Å². The molecule has 2 aliphatic carbocycles. The second-order valence-corrected chi connectivity index (χ2v) is 8.55. The third kappa shape index (κ3) is 5.54. The number of rotatable bonds is 6. The smallest absolute Gasteiger partial charge is 0.434 e. The molecule has 172 valence electrons. The average Bonchev–Trinajstić information content (AvgIpc) is 3.07. The monoisotopic (exact) mass is 452 g/mol. The highest BCUT2D eigenvalue weighted by Gasteiger charge is 2.40. The zero-order valence-corrected chi connectivity index (χ0v) is 17.3. The van der Waals surface area contributed by atoms with Gasteiger partial charge >= 0.3 is 12.3 Å². The predicted molar refractivity (Wildman–Crippen MR) is 106 cm³/mol. The van der Waals surface area contributed by atoms with Crippen LogP contribution in [0.3, 0.4) is 0 Å². The van der Waals surface area contributed by atoms with Gasteiger partial charge in [0.15, 0.2) is 11.5 Å². The Morgan fingerprint density at radius 3 is 2.69 bits per heavy atom. The van der Waals surface area contributed by atoms with Crippen molar-refractivity contribution in [2.75, 3.05) is 5.32 Å². The summed E-state index contributed by atoms with van der Waals surface area (Å²) in [7, 11) is 0. The van der Waals surface area contributed by atoms with Crippen molar-refractivity contribution < 1.29 is 27.5 Å². The number of halogens is 3. The topological polar surface area (TPSA) is 122 Å². The van der Waals surface area contributed by atoms with Gasteiger partial charge in [0.2, 0.25) is 5.91 Å². The van der Waals surface area contributed by atoms with Gasteiger partial charge in [-0.2, -0.15) is 18.3 Å². The molecule has 12 heteroatoms. The standard InChI is InChI=1S/C20H23F3N6O3/c1-19(4-5-19)27-18(31)32-13-3-2-11(6-13)14-8-16(29-28-14)26-17(30)7-12-9-25-15(10-24-12)20(21,22)23/h8-11,13H,2-7H2,1H3,(H,27,31)(H2,26,28,29,30)/t11-,13+/m0/s1. The minimum absolute atomic E-state index is 0.111. The van der Waals surface area contributed by atoms with Gasteiger partial charge in [0, 0.05) is 29.4 Å². The first kappa shape index (κ1) is 22.0. The molecule has 0 saturated heterocycles. The zero-order valence-electron chi connectivity index (χ0n) is 17.3. The summed E-state index contributed by atoms with van der Waals surface area (Å²) in [6.45, 7) is 1.98. The van der Waals surface area contributed by atoms with E-state index in [1.54, 1.807) is 6.07 Å². The lowest BCUT2D eigenvalue weighted by Gasteiger charge is -2.16. The maximum Gasteiger partial charge on any atom is 0.434 e. The van der Waals surface area contributed by atoms with Gasteiger partial charge < -0.3 is 15.4 Å². The molecule has 2 aromatic heterocycles. The number of aromatic amines is 1. The lowest BCUT2D eigenvalue weighted by atomic mass is 10.0. The molecule has 3 N–H and O–H groups in total. The fraction of sp³-hybridized carbons (Fsp3) is 0.550. The number of hydrogen-bond acceptors (Lipinski definition) is 6. The molecule has 2 heterocycles. The van der Waals surface area contributed by atoms with Gasteiger partial charge in [0.1, 0.15) is 6.10 Å². The summed E-state index contributed by atoms with van der Waals surface area (Å²) >= 11 is 0. The number of carbonyl (C=O) groups is 2. The van der Waals surface area contributed by atoms with Crippen LogP contribution in [0.2, 0.25) is 0 Å². The largest absolute Gasteiger partial charge is 0.446 e. The van der Waals surface area contributed by atoms with Gasteiger partial charge in [-0.15, -0.1) is 0 Å². The Morgan fingerprint density at radius 2 is 2.03 bits per heavy atom. The van der Waals surface area contributed by atoms with Crippen molar-refractivity contribution in [2.45, 2.75) is 69.2 Å². The fourth-order valence-electron chi connectivity index (χ4n) is 3.62. The second-order valence-electron chi connectivity index (χ2n) is 8.55. The first-order valence-corrected chi connectivity index (χ1v) is 10.3. The first-order chi connectivity index (χ1) is 15.1. The van der Waals surface area contributed by atoms with Crippen LogP contribution >= 0.6 is 0 Å². The van der Waals surface area contributed by atoms with Crippen molar-refractivity contribution >= 4 is 17.8 Å². The molecule has 2 fully saturated rings. The summed E-state index contributed by atoms with van der Waals surface area (Å²) < 4.78 is 43.1. The first-order valence-electron chi connectivity index (χ1n) is 10.3. The van der Waals surface area contributed by atoms with Gasteiger partial charge in [0.05, 0.1) is 18.3 Å². The Morgan fingerprint density at radius 1 is 1.25 bits per heavy atom. The Balaban J connectivity index is 1.25. The summed E-state index contributed by atoms with van der Waals surface area (Å²) in [6.07, 6.45) is 0.266. The Kier molecular flexibility index (Phi) is 5.78. The van der Waals surface area contributed by atoms with Gasteiger partial charge in [-0.3, -0.25) is 14.9 Å². The summed E-state index contributed by atoms with van der Waals surface area (Å²) in [5, 5.41) is 12.4. The summed E-state index contributed by atoms with van der Waals surface area (Å²) in [4.78, 5) is 31.1. The summed E-state index contributed by atoms with van der Waals surface area (Å²) in [6, 6.07) is 1.70. The van der Waals surface area contributed by atoms with Crippen molar-refractivity contribution in [3.8, 4) is 0 Å². The van der Waals surface area contributed by atoms with Crippen LogP contribution < -0.4 is 10.6 Å². The molecule has 0 bridgehead atoms. The van der Waals surface area contributed by atoms with Crippen molar-refractivity contribution in [1.82, 2.24) is 25.5 Å². The van der Waals surface area contributed by atoms with E-state index in [9.17, 15) is 22.8 Å². The fourth-order valence-corrected chi connectivity index (χ4v) is 3.62. The minimum atomic E-state index is -4.58. The number of aromatic nitrogens is 4. The van der Waals surface area contributed by atoms with Crippen LogP contribution in [0.25, 0.3) is 0 Å². The van der Waals surface area contributed by atoms with E-state index < -0.39 is 17.8 Å². The van der Waals surface area contributed by atoms with Crippen LogP contribution in [-0.2, 0) is 22.1 Å². The SMILES string of the molecule is CC1(NC(=O)O[C@@H]2CC[C@H](c3cc(NC(=O)Cc4cnc(C(F)(F)F)cn4)n[nH]3)C2)CC1. The molecule has 2 amide bonds. The number of hydrogen-bond donors (Lipinski definition) is 3. The van der Waals surface area contributed by atoms with Crippen LogP contribution in [0.5, 0.6) is 0 Å². The van der Waals surface area contributed by atoms with Crippen molar-refractivity contribution in [1.29, 1.82) is 0 Å². The highest BCUT2D eigenvalue weighted by molar-refractivity contribution is 5.91. The Hall–Kier alpha value is -3.18. The van der Waals surface area contributed by atoms with E-state index in [-0.39, 0.29) is 35.8 Å². The van der Waals surface area contributed by atoms with Gasteiger partial charge in [0.25, 0.3) is 0 Å². The Labute approximate surface area is 181 Å². The maximum absolute atomic E-state index is 12.5. The number of H-pyrrole nitrogens is 1. The Bertz CT molecular complexity index is 987. The van der Waals surface area contributed by atoms with E-state index in [1.807, 2.05) is 6.92 Å². The quantitative estimate of drug-likeness (QED) is 0.618. The van der Waals surface area contributed by atoms with Crippen molar-refractivity contribution in [2.24, 2.45) is 0 Å². The molecule has 2 aliphatic rings. The van der Waals surface area contributed by atoms with Crippen LogP contribution in [0.1, 0.15) is 62.0 Å². The van der Waals surface area contributed by atoms with Gasteiger partial charge in [-0.1, -0.05) is 0 Å². The number of alkyl halides is 3.